The van der Waals surface area contributed by atoms with E-state index < -0.39 is 0 Å². The quantitative estimate of drug-likeness (QED) is 0.308. The van der Waals surface area contributed by atoms with E-state index in [4.69, 9.17) is 10.8 Å². The lowest BCUT2D eigenvalue weighted by Crippen LogP contribution is -2.40. The van der Waals surface area contributed by atoms with Gasteiger partial charge in [0.1, 0.15) is 23.7 Å². The molecule has 1 aliphatic carbocycles. The van der Waals surface area contributed by atoms with E-state index in [1.165, 1.54) is 19.2 Å². The zero-order valence-electron chi connectivity index (χ0n) is 23.9. The lowest BCUT2D eigenvalue weighted by molar-refractivity contribution is -0.127. The minimum absolute atomic E-state index is 0.0180. The highest BCUT2D eigenvalue weighted by Gasteiger charge is 2.29. The first-order chi connectivity index (χ1) is 20.4. The number of fused-ring (bicyclic) bond motifs is 1. The van der Waals surface area contributed by atoms with Crippen LogP contribution in [0.5, 0.6) is 0 Å². The number of hydrogen-bond donors (Lipinski definition) is 2. The zero-order valence-corrected chi connectivity index (χ0v) is 23.9. The van der Waals surface area contributed by atoms with Crippen molar-refractivity contribution in [3.63, 3.8) is 0 Å². The Bertz CT molecular complexity index is 1640. The standard InChI is InChI=1S/C31H35N9O2/c1-20-13-14-33-25(17-20)36-31(42)22-9-7-21(8-10-22)28-27-29(32)34-19-35-30(27)40(37-28)24-5-3-16-39(18-24)26(41)6-4-15-38(2)23-11-12-23/h4,6-10,13-14,17,19,23-24H,3,5,11-12,15-16,18H2,1-2H3,(H2,32,34,35)(H,33,36,42)/b6-4+/t24-/m1/s1. The second-order valence-corrected chi connectivity index (χ2v) is 11.2. The summed E-state index contributed by atoms with van der Waals surface area (Å²) in [6, 6.07) is 11.5. The maximum Gasteiger partial charge on any atom is 0.256 e. The maximum atomic E-state index is 13.0. The molecule has 11 nitrogen and oxygen atoms in total. The fourth-order valence-corrected chi connectivity index (χ4v) is 5.47. The van der Waals surface area contributed by atoms with E-state index in [1.54, 1.807) is 24.4 Å². The van der Waals surface area contributed by atoms with Crippen molar-refractivity contribution in [1.82, 2.24) is 34.5 Å². The predicted octanol–water partition coefficient (Wildman–Crippen LogP) is 3.85. The topological polar surface area (TPSA) is 135 Å². The van der Waals surface area contributed by atoms with E-state index in [2.05, 4.69) is 32.2 Å². The number of pyridine rings is 1. The second-order valence-electron chi connectivity index (χ2n) is 11.2. The van der Waals surface area contributed by atoms with Crippen LogP contribution in [0.1, 0.15) is 47.6 Å². The third-order valence-electron chi connectivity index (χ3n) is 7.97. The molecule has 216 valence electrons. The van der Waals surface area contributed by atoms with Crippen LogP contribution in [0.3, 0.4) is 0 Å². The van der Waals surface area contributed by atoms with E-state index in [9.17, 15) is 9.59 Å². The van der Waals surface area contributed by atoms with Gasteiger partial charge in [0, 0.05) is 49.1 Å². The van der Waals surface area contributed by atoms with Gasteiger partial charge in [-0.2, -0.15) is 5.10 Å². The van der Waals surface area contributed by atoms with Crippen LogP contribution in [0.15, 0.2) is 61.1 Å². The average Bonchev–Trinajstić information content (AvgIpc) is 3.77. The van der Waals surface area contributed by atoms with Crippen LogP contribution in [0.4, 0.5) is 11.6 Å². The van der Waals surface area contributed by atoms with Gasteiger partial charge in [-0.25, -0.2) is 19.6 Å². The first kappa shape index (κ1) is 27.5. The molecule has 2 amide bonds. The maximum absolute atomic E-state index is 13.0. The van der Waals surface area contributed by atoms with Crippen molar-refractivity contribution in [3.05, 3.63) is 72.2 Å². The Balaban J connectivity index is 1.22. The SMILES string of the molecule is Cc1ccnc(NC(=O)c2ccc(-c3nn([C@@H]4CCCN(C(=O)/C=C/CN(C)C5CC5)C4)c4ncnc(N)c34)cc2)c1. The molecule has 6 rings (SSSR count). The van der Waals surface area contributed by atoms with Gasteiger partial charge in [0.15, 0.2) is 5.65 Å². The Hall–Kier alpha value is -4.64. The van der Waals surface area contributed by atoms with Gasteiger partial charge in [0.05, 0.1) is 11.4 Å². The number of rotatable bonds is 8. The number of nitrogen functional groups attached to an aromatic ring is 1. The smallest absolute Gasteiger partial charge is 0.256 e. The van der Waals surface area contributed by atoms with Gasteiger partial charge in [-0.15, -0.1) is 0 Å². The van der Waals surface area contributed by atoms with E-state index in [0.29, 0.717) is 53.1 Å². The summed E-state index contributed by atoms with van der Waals surface area (Å²) in [6.45, 7) is 3.97. The van der Waals surface area contributed by atoms with Gasteiger partial charge in [-0.1, -0.05) is 18.2 Å². The molecule has 0 spiro atoms. The first-order valence-electron chi connectivity index (χ1n) is 14.4. The molecule has 42 heavy (non-hydrogen) atoms. The summed E-state index contributed by atoms with van der Waals surface area (Å²) in [4.78, 5) is 43.0. The number of aromatic nitrogens is 5. The van der Waals surface area contributed by atoms with Crippen molar-refractivity contribution in [2.45, 2.75) is 44.7 Å². The Labute approximate surface area is 244 Å². The highest BCUT2D eigenvalue weighted by atomic mass is 16.2. The summed E-state index contributed by atoms with van der Waals surface area (Å²) in [5.74, 6) is 0.599. The van der Waals surface area contributed by atoms with Crippen LogP contribution in [0.25, 0.3) is 22.3 Å². The molecule has 1 atom stereocenters. The van der Waals surface area contributed by atoms with Gasteiger partial charge < -0.3 is 16.0 Å². The van der Waals surface area contributed by atoms with Crippen molar-refractivity contribution >= 4 is 34.5 Å². The number of hydrogen-bond acceptors (Lipinski definition) is 8. The van der Waals surface area contributed by atoms with Gasteiger partial charge >= 0.3 is 0 Å². The van der Waals surface area contributed by atoms with E-state index in [-0.39, 0.29) is 17.9 Å². The van der Waals surface area contributed by atoms with Crippen molar-refractivity contribution < 1.29 is 9.59 Å². The number of likely N-dealkylation sites (N-methyl/N-ethyl adjacent to an activating group) is 1. The number of nitrogens with zero attached hydrogens (tertiary/aromatic N) is 7. The van der Waals surface area contributed by atoms with Crippen molar-refractivity contribution in [1.29, 1.82) is 0 Å². The van der Waals surface area contributed by atoms with Gasteiger partial charge in [0.25, 0.3) is 5.91 Å². The number of anilines is 2. The number of benzene rings is 1. The molecule has 1 saturated carbocycles. The predicted molar refractivity (Wildman–Crippen MR) is 162 cm³/mol. The molecule has 0 unspecified atom stereocenters. The Morgan fingerprint density at radius 2 is 1.93 bits per heavy atom. The van der Waals surface area contributed by atoms with Crippen LogP contribution < -0.4 is 11.1 Å². The average molecular weight is 566 g/mol. The Morgan fingerprint density at radius 3 is 2.69 bits per heavy atom. The second kappa shape index (κ2) is 11.7. The lowest BCUT2D eigenvalue weighted by atomic mass is 10.1. The van der Waals surface area contributed by atoms with Gasteiger partial charge in [-0.3, -0.25) is 14.5 Å². The van der Waals surface area contributed by atoms with E-state index in [1.807, 2.05) is 46.8 Å². The van der Waals surface area contributed by atoms with Crippen LogP contribution in [-0.4, -0.2) is 79.1 Å². The highest BCUT2D eigenvalue weighted by molar-refractivity contribution is 6.04. The summed E-state index contributed by atoms with van der Waals surface area (Å²) in [7, 11) is 2.10. The number of carbonyl (C=O) groups excluding carboxylic acids is 2. The molecular formula is C31H35N9O2. The normalized spacial score (nSPS) is 17.3. The largest absolute Gasteiger partial charge is 0.383 e. The van der Waals surface area contributed by atoms with Crippen LogP contribution in [-0.2, 0) is 4.79 Å². The monoisotopic (exact) mass is 565 g/mol. The van der Waals surface area contributed by atoms with Crippen LogP contribution in [0.2, 0.25) is 0 Å². The molecule has 2 aliphatic rings. The van der Waals surface area contributed by atoms with Crippen molar-refractivity contribution in [2.24, 2.45) is 0 Å². The number of carbonyl (C=O) groups is 2. The number of amides is 2. The fourth-order valence-electron chi connectivity index (χ4n) is 5.47. The lowest BCUT2D eigenvalue weighted by Gasteiger charge is -2.32. The Kier molecular flexibility index (Phi) is 7.66. The molecule has 2 fully saturated rings. The third kappa shape index (κ3) is 5.87. The van der Waals surface area contributed by atoms with Gasteiger partial charge in [-0.05, 0) is 69.5 Å². The van der Waals surface area contributed by atoms with E-state index >= 15 is 0 Å². The third-order valence-corrected chi connectivity index (χ3v) is 7.97. The molecule has 3 aromatic heterocycles. The molecule has 3 N–H and O–H groups in total. The summed E-state index contributed by atoms with van der Waals surface area (Å²) in [5, 5.41) is 8.45. The van der Waals surface area contributed by atoms with Crippen molar-refractivity contribution in [2.75, 3.05) is 37.7 Å². The van der Waals surface area contributed by atoms with Crippen LogP contribution >= 0.6 is 0 Å². The molecule has 1 saturated heterocycles. The van der Waals surface area contributed by atoms with Crippen molar-refractivity contribution in [3.8, 4) is 11.3 Å². The molecule has 11 heteroatoms. The summed E-state index contributed by atoms with van der Waals surface area (Å²) < 4.78 is 1.89. The fraction of sp³-hybridized carbons (Fsp3) is 0.355. The molecule has 4 heterocycles. The van der Waals surface area contributed by atoms with Crippen LogP contribution in [0, 0.1) is 6.92 Å². The zero-order chi connectivity index (χ0) is 29.2. The minimum Gasteiger partial charge on any atom is -0.383 e. The molecule has 0 bridgehead atoms. The minimum atomic E-state index is -0.252. The Morgan fingerprint density at radius 1 is 1.12 bits per heavy atom. The molecule has 1 aliphatic heterocycles. The van der Waals surface area contributed by atoms with E-state index in [0.717, 1.165) is 30.5 Å². The number of piperidine rings is 1. The number of nitrogens with two attached hydrogens (primary N) is 1. The summed E-state index contributed by atoms with van der Waals surface area (Å²) in [6.07, 6.45) is 11.0. The number of aryl methyl sites for hydroxylation is 1. The first-order valence-corrected chi connectivity index (χ1v) is 14.4. The molecular weight excluding hydrogens is 530 g/mol. The van der Waals surface area contributed by atoms with Gasteiger partial charge in [0.2, 0.25) is 5.91 Å². The number of likely N-dealkylation sites (tertiary alicyclic amines) is 1. The summed E-state index contributed by atoms with van der Waals surface area (Å²) in [5.41, 5.74) is 9.90. The summed E-state index contributed by atoms with van der Waals surface area (Å²) >= 11 is 0. The number of nitrogens with one attached hydrogen (secondary N) is 1. The molecule has 4 aromatic rings. The highest BCUT2D eigenvalue weighted by Crippen LogP contribution is 2.34. The molecule has 0 radical (unpaired) electrons. The molecule has 1 aromatic carbocycles.